The van der Waals surface area contributed by atoms with Gasteiger partial charge in [0, 0.05) is 32.5 Å². The fraction of sp³-hybridized carbons (Fsp3) is 0.0909. The van der Waals surface area contributed by atoms with E-state index in [9.17, 15) is 0 Å². The van der Waals surface area contributed by atoms with Crippen molar-refractivity contribution in [1.29, 1.82) is 0 Å². The maximum atomic E-state index is 6.13. The van der Waals surface area contributed by atoms with E-state index < -0.39 is 0 Å². The molecule has 0 spiro atoms. The van der Waals surface area contributed by atoms with Crippen LogP contribution in [0.1, 0.15) is 23.6 Å². The van der Waals surface area contributed by atoms with Crippen LogP contribution in [-0.2, 0) is 5.41 Å². The standard InChI is InChI=1S/C22H16ClN/c1-22(14-10-12-15(23)13-11-14)18-8-4-2-6-16(18)21-20(22)17-7-3-5-9-19(17)24-21/h2-13,24H,1H3. The van der Waals surface area contributed by atoms with Crippen LogP contribution in [-0.4, -0.2) is 4.98 Å². The van der Waals surface area contributed by atoms with Crippen LogP contribution in [0.3, 0.4) is 0 Å². The number of aromatic nitrogens is 1. The number of rotatable bonds is 1. The minimum Gasteiger partial charge on any atom is -0.354 e. The highest BCUT2D eigenvalue weighted by atomic mass is 35.5. The average Bonchev–Trinajstić information content (AvgIpc) is 3.11. The molecule has 1 aromatic heterocycles. The number of benzene rings is 3. The molecule has 1 unspecified atom stereocenters. The van der Waals surface area contributed by atoms with Crippen LogP contribution < -0.4 is 0 Å². The van der Waals surface area contributed by atoms with Gasteiger partial charge < -0.3 is 4.98 Å². The smallest absolute Gasteiger partial charge is 0.0513 e. The zero-order valence-electron chi connectivity index (χ0n) is 13.3. The molecule has 0 fully saturated rings. The molecule has 4 aromatic rings. The summed E-state index contributed by atoms with van der Waals surface area (Å²) in [5.41, 5.74) is 7.52. The van der Waals surface area contributed by atoms with Crippen LogP contribution in [0.2, 0.25) is 5.02 Å². The van der Waals surface area contributed by atoms with E-state index >= 15 is 0 Å². The maximum absolute atomic E-state index is 6.13. The first-order valence-corrected chi connectivity index (χ1v) is 8.54. The molecule has 0 bridgehead atoms. The number of hydrogen-bond donors (Lipinski definition) is 1. The van der Waals surface area contributed by atoms with Gasteiger partial charge in [0.15, 0.2) is 0 Å². The van der Waals surface area contributed by atoms with Crippen molar-refractivity contribution in [2.24, 2.45) is 0 Å². The number of aromatic amines is 1. The second kappa shape index (κ2) is 4.75. The van der Waals surface area contributed by atoms with E-state index in [-0.39, 0.29) is 5.41 Å². The molecule has 0 saturated heterocycles. The minimum atomic E-state index is -0.184. The molecule has 1 atom stereocenters. The van der Waals surface area contributed by atoms with Gasteiger partial charge in [0.25, 0.3) is 0 Å². The molecule has 1 aliphatic carbocycles. The van der Waals surface area contributed by atoms with Gasteiger partial charge >= 0.3 is 0 Å². The summed E-state index contributed by atoms with van der Waals surface area (Å²) in [6.45, 7) is 2.32. The minimum absolute atomic E-state index is 0.184. The van der Waals surface area contributed by atoms with Crippen molar-refractivity contribution in [3.05, 3.63) is 94.5 Å². The van der Waals surface area contributed by atoms with Gasteiger partial charge in [0.05, 0.1) is 5.69 Å². The Morgan fingerprint density at radius 1 is 0.833 bits per heavy atom. The Morgan fingerprint density at radius 3 is 2.38 bits per heavy atom. The van der Waals surface area contributed by atoms with E-state index in [4.69, 9.17) is 11.6 Å². The fourth-order valence-electron chi connectivity index (χ4n) is 4.22. The normalized spacial score (nSPS) is 18.6. The van der Waals surface area contributed by atoms with Crippen LogP contribution >= 0.6 is 11.6 Å². The number of fused-ring (bicyclic) bond motifs is 5. The van der Waals surface area contributed by atoms with Crippen molar-refractivity contribution in [1.82, 2.24) is 4.98 Å². The molecule has 1 N–H and O–H groups in total. The second-order valence-electron chi connectivity index (χ2n) is 6.60. The van der Waals surface area contributed by atoms with Crippen molar-refractivity contribution in [3.63, 3.8) is 0 Å². The van der Waals surface area contributed by atoms with Crippen LogP contribution in [0.25, 0.3) is 22.2 Å². The predicted octanol–water partition coefficient (Wildman–Crippen LogP) is 6.16. The van der Waals surface area contributed by atoms with Crippen molar-refractivity contribution < 1.29 is 0 Å². The van der Waals surface area contributed by atoms with Crippen molar-refractivity contribution in [2.45, 2.75) is 12.3 Å². The van der Waals surface area contributed by atoms with E-state index in [2.05, 4.69) is 72.6 Å². The Labute approximate surface area is 145 Å². The van der Waals surface area contributed by atoms with Gasteiger partial charge in [0.2, 0.25) is 0 Å². The molecule has 2 heteroatoms. The molecule has 0 aliphatic heterocycles. The Bertz CT molecular complexity index is 1070. The molecule has 1 aliphatic rings. The van der Waals surface area contributed by atoms with Crippen LogP contribution in [0.15, 0.2) is 72.8 Å². The predicted molar refractivity (Wildman–Crippen MR) is 101 cm³/mol. The fourth-order valence-corrected chi connectivity index (χ4v) is 4.34. The van der Waals surface area contributed by atoms with Gasteiger partial charge in [-0.25, -0.2) is 0 Å². The highest BCUT2D eigenvalue weighted by molar-refractivity contribution is 6.30. The summed E-state index contributed by atoms with van der Waals surface area (Å²) in [5.74, 6) is 0. The third-order valence-electron chi connectivity index (χ3n) is 5.36. The lowest BCUT2D eigenvalue weighted by atomic mass is 9.74. The number of para-hydroxylation sites is 1. The molecular formula is C22H16ClN. The number of H-pyrrole nitrogens is 1. The van der Waals surface area contributed by atoms with E-state index in [1.807, 2.05) is 12.1 Å². The summed E-state index contributed by atoms with van der Waals surface area (Å²) in [5, 5.41) is 2.06. The number of hydrogen-bond acceptors (Lipinski definition) is 0. The second-order valence-corrected chi connectivity index (χ2v) is 7.03. The van der Waals surface area contributed by atoms with Gasteiger partial charge in [-0.1, -0.05) is 66.2 Å². The van der Waals surface area contributed by atoms with E-state index in [1.54, 1.807) is 0 Å². The molecule has 0 radical (unpaired) electrons. The monoisotopic (exact) mass is 329 g/mol. The van der Waals surface area contributed by atoms with Crippen molar-refractivity contribution >= 4 is 22.5 Å². The molecule has 0 saturated carbocycles. The Morgan fingerprint density at radius 2 is 1.54 bits per heavy atom. The first-order valence-electron chi connectivity index (χ1n) is 8.17. The molecule has 0 amide bonds. The summed E-state index contributed by atoms with van der Waals surface area (Å²) in [6.07, 6.45) is 0. The summed E-state index contributed by atoms with van der Waals surface area (Å²) in [4.78, 5) is 3.64. The largest absolute Gasteiger partial charge is 0.354 e. The Kier molecular flexibility index (Phi) is 2.75. The van der Waals surface area contributed by atoms with E-state index in [1.165, 1.54) is 38.9 Å². The first kappa shape index (κ1) is 13.9. The quantitative estimate of drug-likeness (QED) is 0.430. The molecule has 1 heterocycles. The summed E-state index contributed by atoms with van der Waals surface area (Å²) in [6, 6.07) is 25.5. The van der Waals surface area contributed by atoms with Gasteiger partial charge in [-0.05, 0) is 36.2 Å². The summed E-state index contributed by atoms with van der Waals surface area (Å²) >= 11 is 6.13. The average molecular weight is 330 g/mol. The highest BCUT2D eigenvalue weighted by Gasteiger charge is 2.43. The van der Waals surface area contributed by atoms with E-state index in [0.717, 1.165) is 5.02 Å². The van der Waals surface area contributed by atoms with Crippen LogP contribution in [0.5, 0.6) is 0 Å². The van der Waals surface area contributed by atoms with Gasteiger partial charge in [-0.3, -0.25) is 0 Å². The van der Waals surface area contributed by atoms with E-state index in [0.29, 0.717) is 0 Å². The molecular weight excluding hydrogens is 314 g/mol. The molecule has 3 aromatic carbocycles. The lowest BCUT2D eigenvalue weighted by Gasteiger charge is -2.28. The Hall–Kier alpha value is -2.51. The number of halogens is 1. The summed E-state index contributed by atoms with van der Waals surface area (Å²) < 4.78 is 0. The summed E-state index contributed by atoms with van der Waals surface area (Å²) in [7, 11) is 0. The lowest BCUT2D eigenvalue weighted by molar-refractivity contribution is 0.721. The molecule has 116 valence electrons. The zero-order valence-corrected chi connectivity index (χ0v) is 14.1. The third kappa shape index (κ3) is 1.65. The van der Waals surface area contributed by atoms with Crippen LogP contribution in [0.4, 0.5) is 0 Å². The Balaban J connectivity index is 1.92. The zero-order chi connectivity index (χ0) is 16.3. The third-order valence-corrected chi connectivity index (χ3v) is 5.61. The molecule has 5 rings (SSSR count). The molecule has 1 nitrogen and oxygen atoms in total. The first-order chi connectivity index (χ1) is 11.7. The van der Waals surface area contributed by atoms with Gasteiger partial charge in [-0.15, -0.1) is 0 Å². The lowest BCUT2D eigenvalue weighted by Crippen LogP contribution is -2.22. The van der Waals surface area contributed by atoms with Gasteiger partial charge in [-0.2, -0.15) is 0 Å². The number of nitrogens with one attached hydrogen (secondary N) is 1. The highest BCUT2D eigenvalue weighted by Crippen LogP contribution is 2.54. The van der Waals surface area contributed by atoms with Crippen LogP contribution in [0, 0.1) is 0 Å². The van der Waals surface area contributed by atoms with Crippen molar-refractivity contribution in [2.75, 3.05) is 0 Å². The van der Waals surface area contributed by atoms with Gasteiger partial charge in [0.1, 0.15) is 0 Å². The molecule has 24 heavy (non-hydrogen) atoms. The maximum Gasteiger partial charge on any atom is 0.0513 e. The SMILES string of the molecule is CC1(c2ccc(Cl)cc2)c2ccccc2-c2[nH]c3ccccc3c21. The topological polar surface area (TPSA) is 15.8 Å². The van der Waals surface area contributed by atoms with Crippen molar-refractivity contribution in [3.8, 4) is 11.3 Å².